The minimum atomic E-state index is -0.712. The third kappa shape index (κ3) is 6.03. The van der Waals surface area contributed by atoms with E-state index in [0.29, 0.717) is 19.0 Å². The van der Waals surface area contributed by atoms with Crippen molar-refractivity contribution in [3.05, 3.63) is 70.0 Å². The average Bonchev–Trinajstić information content (AvgIpc) is 3.21. The maximum Gasteiger partial charge on any atom is 0.433 e. The van der Waals surface area contributed by atoms with Gasteiger partial charge in [0.05, 0.1) is 6.07 Å². The highest BCUT2D eigenvalue weighted by Gasteiger charge is 2.23. The van der Waals surface area contributed by atoms with Crippen LogP contribution in [0.4, 0.5) is 5.88 Å². The third-order valence-electron chi connectivity index (χ3n) is 4.85. The topological polar surface area (TPSA) is 103 Å². The molecule has 0 radical (unpaired) electrons. The van der Waals surface area contributed by atoms with Gasteiger partial charge in [-0.1, -0.05) is 30.3 Å². The Balaban J connectivity index is 1.38. The molecule has 152 valence electrons. The van der Waals surface area contributed by atoms with Gasteiger partial charge in [0.2, 0.25) is 0 Å². The van der Waals surface area contributed by atoms with Crippen molar-refractivity contribution in [2.45, 2.75) is 19.3 Å². The molecule has 8 heteroatoms. The van der Waals surface area contributed by atoms with E-state index in [9.17, 15) is 19.7 Å². The lowest BCUT2D eigenvalue weighted by Crippen LogP contribution is -2.41. The first-order chi connectivity index (χ1) is 14.0. The van der Waals surface area contributed by atoms with Crippen LogP contribution in [-0.4, -0.2) is 41.4 Å². The Bertz CT molecular complexity index is 882. The van der Waals surface area contributed by atoms with Gasteiger partial charge in [0, 0.05) is 19.2 Å². The van der Waals surface area contributed by atoms with Crippen LogP contribution in [0.25, 0.3) is 6.08 Å². The summed E-state index contributed by atoms with van der Waals surface area (Å²) in [5.41, 5.74) is 1.31. The Kier molecular flexibility index (Phi) is 6.78. The molecule has 29 heavy (non-hydrogen) atoms. The number of furan rings is 1. The molecule has 0 N–H and O–H groups in total. The van der Waals surface area contributed by atoms with Crippen LogP contribution in [0.15, 0.2) is 53.0 Å². The standard InChI is InChI=1S/C21H22N2O6/c24-19(15-28-21(25)9-7-18-6-8-20(29-18)23(26)27)22-12-10-17(11-13-22)14-16-4-2-1-3-5-16/h1-9,17H,10-15H2/b9-7+. The number of nitrogens with zero attached hydrogens (tertiary/aromatic N) is 2. The molecule has 0 saturated carbocycles. The number of nitro groups is 1. The molecule has 8 nitrogen and oxygen atoms in total. The molecule has 1 aliphatic rings. The molecule has 1 aromatic heterocycles. The van der Waals surface area contributed by atoms with Gasteiger partial charge in [-0.05, 0) is 42.9 Å². The number of carbonyl (C=O) groups is 2. The molecule has 1 saturated heterocycles. The number of likely N-dealkylation sites (tertiary alicyclic amines) is 1. The monoisotopic (exact) mass is 398 g/mol. The Hall–Kier alpha value is -3.42. The van der Waals surface area contributed by atoms with E-state index in [2.05, 4.69) is 12.1 Å². The normalized spacial score (nSPS) is 14.8. The summed E-state index contributed by atoms with van der Waals surface area (Å²) in [6, 6.07) is 12.9. The van der Waals surface area contributed by atoms with E-state index >= 15 is 0 Å². The fourth-order valence-electron chi connectivity index (χ4n) is 3.29. The minimum Gasteiger partial charge on any atom is -0.452 e. The zero-order valence-electron chi connectivity index (χ0n) is 15.9. The van der Waals surface area contributed by atoms with Gasteiger partial charge in [-0.3, -0.25) is 14.9 Å². The van der Waals surface area contributed by atoms with E-state index in [1.807, 2.05) is 18.2 Å². The number of piperidine rings is 1. The molecule has 1 fully saturated rings. The van der Waals surface area contributed by atoms with Crippen LogP contribution in [0.5, 0.6) is 0 Å². The second kappa shape index (κ2) is 9.68. The molecule has 2 heterocycles. The number of rotatable bonds is 7. The molecule has 0 spiro atoms. The summed E-state index contributed by atoms with van der Waals surface area (Å²) in [7, 11) is 0. The molecule has 0 aliphatic carbocycles. The molecular weight excluding hydrogens is 376 g/mol. The second-order valence-corrected chi connectivity index (χ2v) is 6.89. The lowest BCUT2D eigenvalue weighted by atomic mass is 9.90. The van der Waals surface area contributed by atoms with Gasteiger partial charge < -0.3 is 14.1 Å². The van der Waals surface area contributed by atoms with Crippen LogP contribution in [-0.2, 0) is 20.7 Å². The number of carbonyl (C=O) groups excluding carboxylic acids is 2. The SMILES string of the molecule is O=C(/C=C/c1ccc([N+](=O)[O-])o1)OCC(=O)N1CCC(Cc2ccccc2)CC1. The van der Waals surface area contributed by atoms with E-state index in [4.69, 9.17) is 9.15 Å². The number of hydrogen-bond acceptors (Lipinski definition) is 6. The first-order valence-corrected chi connectivity index (χ1v) is 9.42. The lowest BCUT2D eigenvalue weighted by molar-refractivity contribution is -0.402. The zero-order chi connectivity index (χ0) is 20.6. The van der Waals surface area contributed by atoms with Crippen molar-refractivity contribution in [1.82, 2.24) is 4.90 Å². The molecule has 0 atom stereocenters. The van der Waals surface area contributed by atoms with E-state index in [-0.39, 0.29) is 18.3 Å². The highest BCUT2D eigenvalue weighted by molar-refractivity contribution is 5.89. The van der Waals surface area contributed by atoms with E-state index in [1.54, 1.807) is 4.90 Å². The molecular formula is C21H22N2O6. The molecule has 1 aliphatic heterocycles. The zero-order valence-corrected chi connectivity index (χ0v) is 15.9. The Morgan fingerprint density at radius 2 is 1.90 bits per heavy atom. The van der Waals surface area contributed by atoms with Crippen molar-refractivity contribution < 1.29 is 23.7 Å². The van der Waals surface area contributed by atoms with E-state index in [1.165, 1.54) is 23.8 Å². The van der Waals surface area contributed by atoms with Crippen LogP contribution < -0.4 is 0 Å². The van der Waals surface area contributed by atoms with Crippen LogP contribution >= 0.6 is 0 Å². The van der Waals surface area contributed by atoms with Gasteiger partial charge in [-0.25, -0.2) is 4.79 Å². The fraction of sp³-hybridized carbons (Fsp3) is 0.333. The molecule has 1 amide bonds. The maximum absolute atomic E-state index is 12.3. The Labute approximate surface area is 167 Å². The van der Waals surface area contributed by atoms with Crippen molar-refractivity contribution in [3.63, 3.8) is 0 Å². The minimum absolute atomic E-state index is 0.153. The van der Waals surface area contributed by atoms with Crippen molar-refractivity contribution in [3.8, 4) is 0 Å². The molecule has 0 bridgehead atoms. The first-order valence-electron chi connectivity index (χ1n) is 9.42. The summed E-state index contributed by atoms with van der Waals surface area (Å²) in [5.74, 6) is -0.650. The lowest BCUT2D eigenvalue weighted by Gasteiger charge is -2.32. The summed E-state index contributed by atoms with van der Waals surface area (Å²) in [5, 5.41) is 10.5. The number of amides is 1. The van der Waals surface area contributed by atoms with E-state index in [0.717, 1.165) is 25.3 Å². The van der Waals surface area contributed by atoms with Gasteiger partial charge in [0.1, 0.15) is 10.7 Å². The Morgan fingerprint density at radius 3 is 2.55 bits per heavy atom. The highest BCUT2D eigenvalue weighted by Crippen LogP contribution is 2.22. The summed E-state index contributed by atoms with van der Waals surface area (Å²) in [6.07, 6.45) is 5.18. The smallest absolute Gasteiger partial charge is 0.433 e. The predicted octanol–water partition coefficient (Wildman–Crippen LogP) is 3.23. The quantitative estimate of drug-likeness (QED) is 0.307. The third-order valence-corrected chi connectivity index (χ3v) is 4.85. The number of benzene rings is 1. The summed E-state index contributed by atoms with van der Waals surface area (Å²) in [6.45, 7) is 0.977. The van der Waals surface area contributed by atoms with Crippen molar-refractivity contribution in [1.29, 1.82) is 0 Å². The summed E-state index contributed by atoms with van der Waals surface area (Å²) in [4.78, 5) is 35.6. The van der Waals surface area contributed by atoms with Crippen molar-refractivity contribution in [2.75, 3.05) is 19.7 Å². The summed E-state index contributed by atoms with van der Waals surface area (Å²) < 4.78 is 9.86. The van der Waals surface area contributed by atoms with Gasteiger partial charge >= 0.3 is 11.9 Å². The Morgan fingerprint density at radius 1 is 1.17 bits per heavy atom. The number of ether oxygens (including phenoxy) is 1. The highest BCUT2D eigenvalue weighted by atomic mass is 16.6. The van der Waals surface area contributed by atoms with Gasteiger partial charge in [0.25, 0.3) is 5.91 Å². The largest absolute Gasteiger partial charge is 0.452 e. The van der Waals surface area contributed by atoms with Crippen molar-refractivity contribution >= 4 is 23.8 Å². The van der Waals surface area contributed by atoms with Crippen LogP contribution in [0.2, 0.25) is 0 Å². The molecule has 3 rings (SSSR count). The van der Waals surface area contributed by atoms with Crippen LogP contribution in [0, 0.1) is 16.0 Å². The van der Waals surface area contributed by atoms with Crippen molar-refractivity contribution in [2.24, 2.45) is 5.92 Å². The number of esters is 1. The second-order valence-electron chi connectivity index (χ2n) is 6.89. The molecule has 1 aromatic carbocycles. The van der Waals surface area contributed by atoms with Gasteiger partial charge in [-0.2, -0.15) is 0 Å². The van der Waals surface area contributed by atoms with Gasteiger partial charge in [-0.15, -0.1) is 0 Å². The number of hydrogen-bond donors (Lipinski definition) is 0. The van der Waals surface area contributed by atoms with Gasteiger partial charge in [0.15, 0.2) is 6.61 Å². The van der Waals surface area contributed by atoms with E-state index < -0.39 is 16.8 Å². The average molecular weight is 398 g/mol. The maximum atomic E-state index is 12.3. The fourth-order valence-corrected chi connectivity index (χ4v) is 3.29. The molecule has 0 unspecified atom stereocenters. The first kappa shape index (κ1) is 20.3. The van der Waals surface area contributed by atoms with Crippen LogP contribution in [0.1, 0.15) is 24.2 Å². The summed E-state index contributed by atoms with van der Waals surface area (Å²) >= 11 is 0. The van der Waals surface area contributed by atoms with Crippen LogP contribution in [0.3, 0.4) is 0 Å². The molecule has 2 aromatic rings. The predicted molar refractivity (Wildman–Crippen MR) is 105 cm³/mol.